The van der Waals surface area contributed by atoms with Gasteiger partial charge in [0, 0.05) is 29.4 Å². The van der Waals surface area contributed by atoms with Crippen molar-refractivity contribution in [1.29, 1.82) is 0 Å². The van der Waals surface area contributed by atoms with E-state index in [1.807, 2.05) is 18.2 Å². The number of hydrogen-bond donors (Lipinski definition) is 1. The van der Waals surface area contributed by atoms with Crippen molar-refractivity contribution in [3.8, 4) is 17.2 Å². The fraction of sp³-hybridized carbons (Fsp3) is 0.227. The fourth-order valence-corrected chi connectivity index (χ4v) is 4.63. The quantitative estimate of drug-likeness (QED) is 0.468. The molecule has 0 amide bonds. The maximum atomic E-state index is 10.8. The largest absolute Gasteiger partial charge is 1.00 e. The molecule has 0 atom stereocenters. The van der Waals surface area contributed by atoms with Crippen LogP contribution in [0, 0.1) is 6.21 Å². The summed E-state index contributed by atoms with van der Waals surface area (Å²) in [4.78, 5) is 0. The van der Waals surface area contributed by atoms with Gasteiger partial charge in [0.15, 0.2) is 17.7 Å². The van der Waals surface area contributed by atoms with E-state index in [4.69, 9.17) is 14.2 Å². The summed E-state index contributed by atoms with van der Waals surface area (Å²) < 4.78 is 19.2. The third-order valence-corrected chi connectivity index (χ3v) is 5.77. The number of aliphatic hydroxyl groups excluding tert-OH is 1. The molecule has 3 aromatic rings. The highest BCUT2D eigenvalue weighted by Gasteiger charge is 2.29. The first kappa shape index (κ1) is 17.2. The van der Waals surface area contributed by atoms with E-state index in [0.717, 1.165) is 62.7 Å². The molecule has 1 aromatic heterocycles. The van der Waals surface area contributed by atoms with E-state index in [-0.39, 0.29) is 19.2 Å². The van der Waals surface area contributed by atoms with Gasteiger partial charge in [-0.25, -0.2) is 0 Å². The Hall–Kier alpha value is -2.92. The van der Waals surface area contributed by atoms with Gasteiger partial charge in [0.25, 0.3) is 0 Å². The van der Waals surface area contributed by atoms with Crippen LogP contribution in [0.3, 0.4) is 0 Å². The Morgan fingerprint density at radius 1 is 1.11 bits per heavy atom. The molecule has 0 fully saturated rings. The average Bonchev–Trinajstić information content (AvgIpc) is 3.34. The number of rotatable bonds is 1. The molecule has 3 heterocycles. The molecule has 0 saturated heterocycles. The molecule has 28 heavy (non-hydrogen) atoms. The van der Waals surface area contributed by atoms with Crippen LogP contribution >= 0.6 is 0 Å². The molecular weight excluding hydrogens is 378 g/mol. The summed E-state index contributed by atoms with van der Waals surface area (Å²) in [6.45, 7) is 0.240. The molecular formula is C22H18ClNO4. The number of aliphatic hydroxyl groups is 1. The van der Waals surface area contributed by atoms with Crippen molar-refractivity contribution in [2.75, 3.05) is 13.9 Å². The van der Waals surface area contributed by atoms with Crippen molar-refractivity contribution in [2.45, 2.75) is 19.3 Å². The molecule has 0 saturated carbocycles. The number of methoxy groups -OCH3 is 1. The number of allylic oxidation sites excluding steroid dienone is 1. The number of ether oxygens (including phenoxy) is 3. The Kier molecular flexibility index (Phi) is 3.71. The Morgan fingerprint density at radius 2 is 1.93 bits per heavy atom. The minimum Gasteiger partial charge on any atom is -1.00 e. The lowest BCUT2D eigenvalue weighted by Crippen LogP contribution is -3.00. The smallest absolute Gasteiger partial charge is 0.231 e. The molecule has 0 radical (unpaired) electrons. The number of fused-ring (bicyclic) bond motifs is 9. The standard InChI is InChI=1S/C22H17NO4.ClH/c1-25-19-9-12-8-17-18(27-11-26-17)10-14(12)22-21(19)20-13(4-2-6-16(20)24)15-5-3-7-23(15)22;/h3,5,7-10H,2,4,6,11H2,1H3;1H. The molecule has 1 N–H and O–H groups in total. The second kappa shape index (κ2) is 6.04. The highest BCUT2D eigenvalue weighted by Crippen LogP contribution is 2.40. The molecule has 142 valence electrons. The van der Waals surface area contributed by atoms with Crippen molar-refractivity contribution in [2.24, 2.45) is 0 Å². The summed E-state index contributed by atoms with van der Waals surface area (Å²) >= 11 is 0. The normalized spacial score (nSPS) is 16.0. The van der Waals surface area contributed by atoms with Crippen molar-refractivity contribution < 1.29 is 36.0 Å². The average molecular weight is 396 g/mol. The number of halogens is 1. The number of pyridine rings is 1. The van der Waals surface area contributed by atoms with Gasteiger partial charge >= 0.3 is 0 Å². The van der Waals surface area contributed by atoms with Gasteiger partial charge in [-0.15, -0.1) is 0 Å². The lowest BCUT2D eigenvalue weighted by Gasteiger charge is -2.16. The summed E-state index contributed by atoms with van der Waals surface area (Å²) in [7, 11) is 1.68. The number of hydrogen-bond acceptors (Lipinski definition) is 4. The van der Waals surface area contributed by atoms with E-state index in [9.17, 15) is 5.11 Å². The van der Waals surface area contributed by atoms with E-state index >= 15 is 0 Å². The lowest BCUT2D eigenvalue weighted by molar-refractivity contribution is -0.475. The maximum Gasteiger partial charge on any atom is 0.231 e. The summed E-state index contributed by atoms with van der Waals surface area (Å²) in [5.41, 5.74) is 3.35. The van der Waals surface area contributed by atoms with Crippen molar-refractivity contribution >= 4 is 33.5 Å². The van der Waals surface area contributed by atoms with Gasteiger partial charge in [-0.05, 0) is 36.4 Å². The van der Waals surface area contributed by atoms with E-state index < -0.39 is 0 Å². The number of aromatic nitrogens is 1. The third kappa shape index (κ3) is 2.11. The summed E-state index contributed by atoms with van der Waals surface area (Å²) in [5, 5.41) is 14.8. The van der Waals surface area contributed by atoms with Crippen molar-refractivity contribution in [3.05, 3.63) is 47.0 Å². The van der Waals surface area contributed by atoms with E-state index in [0.29, 0.717) is 12.2 Å². The molecule has 2 aromatic carbocycles. The van der Waals surface area contributed by atoms with E-state index in [1.54, 1.807) is 7.11 Å². The molecule has 3 aliphatic rings. The minimum absolute atomic E-state index is 0. The van der Waals surface area contributed by atoms with Crippen LogP contribution in [0.4, 0.5) is 0 Å². The lowest BCUT2D eigenvalue weighted by atomic mass is 9.92. The third-order valence-electron chi connectivity index (χ3n) is 5.77. The van der Waals surface area contributed by atoms with Crippen molar-refractivity contribution in [3.63, 3.8) is 0 Å². The van der Waals surface area contributed by atoms with Crippen molar-refractivity contribution in [1.82, 2.24) is 0 Å². The topological polar surface area (TPSA) is 53.8 Å². The molecule has 0 spiro atoms. The predicted molar refractivity (Wildman–Crippen MR) is 102 cm³/mol. The zero-order valence-corrected chi connectivity index (χ0v) is 16.0. The predicted octanol–water partition coefficient (Wildman–Crippen LogP) is 0.0610. The second-order valence-corrected chi connectivity index (χ2v) is 7.15. The van der Waals surface area contributed by atoms with Crippen LogP contribution in [0.5, 0.6) is 17.2 Å². The molecule has 5 nitrogen and oxygen atoms in total. The second-order valence-electron chi connectivity index (χ2n) is 7.15. The van der Waals surface area contributed by atoms with Crippen LogP contribution in [-0.4, -0.2) is 19.0 Å². The van der Waals surface area contributed by atoms with Crippen LogP contribution in [0.25, 0.3) is 33.5 Å². The van der Waals surface area contributed by atoms with Crippen LogP contribution in [0.2, 0.25) is 0 Å². The van der Waals surface area contributed by atoms with Gasteiger partial charge in [-0.1, -0.05) is 0 Å². The maximum absolute atomic E-state index is 10.8. The Balaban J connectivity index is 0.00000171. The Morgan fingerprint density at radius 3 is 2.75 bits per heavy atom. The van der Waals surface area contributed by atoms with Gasteiger partial charge in [0.1, 0.15) is 16.9 Å². The number of benzene rings is 2. The molecule has 0 unspecified atom stereocenters. The monoisotopic (exact) mass is 395 g/mol. The van der Waals surface area contributed by atoms with Crippen LogP contribution in [0.15, 0.2) is 24.3 Å². The molecule has 6 rings (SSSR count). The highest BCUT2D eigenvalue weighted by molar-refractivity contribution is 6.08. The molecule has 2 aliphatic heterocycles. The summed E-state index contributed by atoms with van der Waals surface area (Å²) in [6, 6.07) is 6.06. The van der Waals surface area contributed by atoms with Gasteiger partial charge in [0.2, 0.25) is 18.0 Å². The zero-order chi connectivity index (χ0) is 18.1. The highest BCUT2D eigenvalue weighted by atomic mass is 35.5. The Bertz CT molecular complexity index is 1330. The fourth-order valence-electron chi connectivity index (χ4n) is 4.63. The molecule has 6 heteroatoms. The van der Waals surface area contributed by atoms with Crippen LogP contribution in [-0.2, 0) is 6.42 Å². The first-order valence-electron chi connectivity index (χ1n) is 9.17. The SMILES string of the molecule is COc1cc2cc3c(cc2c2c1c1c(c4[n+]2=CC=C4)CCCC=1O)OCO3.[Cl-]. The molecule has 1 aliphatic carbocycles. The minimum atomic E-state index is 0. The van der Waals surface area contributed by atoms with Gasteiger partial charge in [0.05, 0.1) is 12.5 Å². The van der Waals surface area contributed by atoms with E-state index in [2.05, 4.69) is 22.6 Å². The van der Waals surface area contributed by atoms with Gasteiger partial charge in [-0.2, -0.15) is 4.24 Å². The van der Waals surface area contributed by atoms with Gasteiger partial charge < -0.3 is 31.7 Å². The zero-order valence-electron chi connectivity index (χ0n) is 15.3. The molecule has 0 bridgehead atoms. The van der Waals surface area contributed by atoms with E-state index in [1.165, 1.54) is 5.56 Å². The van der Waals surface area contributed by atoms with Crippen LogP contribution in [0.1, 0.15) is 24.1 Å². The summed E-state index contributed by atoms with van der Waals surface area (Å²) in [6.07, 6.45) is 8.85. The first-order chi connectivity index (χ1) is 13.3. The Labute approximate surface area is 167 Å². The number of nitrogens with zero attached hydrogens (tertiary/aromatic N) is 1. The van der Waals surface area contributed by atoms with Gasteiger partial charge in [-0.3, -0.25) is 0 Å². The summed E-state index contributed by atoms with van der Waals surface area (Å²) in [5.74, 6) is 2.71. The van der Waals surface area contributed by atoms with Crippen LogP contribution < -0.4 is 36.1 Å². The first-order valence-corrected chi connectivity index (χ1v) is 9.17.